The number of benzene rings is 1. The fraction of sp³-hybridized carbons (Fsp3) is 0.385. The van der Waals surface area contributed by atoms with Crippen molar-refractivity contribution in [2.45, 2.75) is 13.0 Å². The van der Waals surface area contributed by atoms with E-state index in [0.29, 0.717) is 23.7 Å². The molecule has 0 atom stereocenters. The summed E-state index contributed by atoms with van der Waals surface area (Å²) < 4.78 is 39.7. The zero-order chi connectivity index (χ0) is 16.2. The molecule has 0 aliphatic carbocycles. The first kappa shape index (κ1) is 16.2. The topological polar surface area (TPSA) is 104 Å². The van der Waals surface area contributed by atoms with E-state index in [0.717, 1.165) is 11.8 Å². The molecule has 1 N–H and O–H groups in total. The normalized spacial score (nSPS) is 11.4. The minimum Gasteiger partial charge on any atom is -0.493 e. The Balaban J connectivity index is 2.06. The van der Waals surface area contributed by atoms with Crippen LogP contribution in [0.1, 0.15) is 17.3 Å². The molecule has 0 saturated carbocycles. The third kappa shape index (κ3) is 4.43. The van der Waals surface area contributed by atoms with E-state index in [1.54, 1.807) is 20.3 Å². The summed E-state index contributed by atoms with van der Waals surface area (Å²) >= 11 is 0. The molecule has 0 aliphatic rings. The standard InChI is InChI=1S/C13H17N3O5S/c1-19-10-5-4-9(6-11(10)20-2)7-12-15-13(21-16-12)8-14-22(3,17)18/h4-6,14H,7-8H2,1-3H3. The molecule has 0 saturated heterocycles. The van der Waals surface area contributed by atoms with Crippen molar-refractivity contribution in [2.24, 2.45) is 0 Å². The summed E-state index contributed by atoms with van der Waals surface area (Å²) in [4.78, 5) is 4.13. The van der Waals surface area contributed by atoms with Crippen molar-refractivity contribution in [1.82, 2.24) is 14.9 Å². The Morgan fingerprint density at radius 1 is 1.23 bits per heavy atom. The Morgan fingerprint density at radius 2 is 1.95 bits per heavy atom. The molecule has 0 bridgehead atoms. The summed E-state index contributed by atoms with van der Waals surface area (Å²) in [6.07, 6.45) is 1.50. The van der Waals surface area contributed by atoms with Crippen LogP contribution in [0.5, 0.6) is 11.5 Å². The smallest absolute Gasteiger partial charge is 0.241 e. The molecule has 1 aromatic heterocycles. The van der Waals surface area contributed by atoms with Gasteiger partial charge in [-0.25, -0.2) is 13.1 Å². The van der Waals surface area contributed by atoms with Crippen molar-refractivity contribution in [3.05, 3.63) is 35.5 Å². The third-order valence-corrected chi connectivity index (χ3v) is 3.47. The van der Waals surface area contributed by atoms with Crippen LogP contribution in [0.3, 0.4) is 0 Å². The Kier molecular flexibility index (Phi) is 4.99. The lowest BCUT2D eigenvalue weighted by Gasteiger charge is -2.08. The number of nitrogens with one attached hydrogen (secondary N) is 1. The van der Waals surface area contributed by atoms with Crippen LogP contribution >= 0.6 is 0 Å². The Bertz CT molecular complexity index is 742. The fourth-order valence-corrected chi connectivity index (χ4v) is 2.19. The molecule has 0 fully saturated rings. The maximum absolute atomic E-state index is 11.0. The van der Waals surface area contributed by atoms with E-state index >= 15 is 0 Å². The molecule has 120 valence electrons. The van der Waals surface area contributed by atoms with Crippen LogP contribution in [0.15, 0.2) is 22.7 Å². The van der Waals surface area contributed by atoms with Gasteiger partial charge in [0.1, 0.15) is 0 Å². The Labute approximate surface area is 128 Å². The predicted molar refractivity (Wildman–Crippen MR) is 78.3 cm³/mol. The van der Waals surface area contributed by atoms with Crippen LogP contribution in [0.25, 0.3) is 0 Å². The summed E-state index contributed by atoms with van der Waals surface area (Å²) in [6, 6.07) is 5.48. The molecule has 0 aliphatic heterocycles. The van der Waals surface area contributed by atoms with Crippen LogP contribution in [-0.2, 0) is 23.0 Å². The molecule has 2 aromatic rings. The van der Waals surface area contributed by atoms with Gasteiger partial charge in [0.05, 0.1) is 27.0 Å². The fourth-order valence-electron chi connectivity index (χ4n) is 1.80. The lowest BCUT2D eigenvalue weighted by molar-refractivity contribution is 0.354. The summed E-state index contributed by atoms with van der Waals surface area (Å²) in [5, 5.41) is 3.82. The Morgan fingerprint density at radius 3 is 2.59 bits per heavy atom. The summed E-state index contributed by atoms with van der Waals surface area (Å²) in [6.45, 7) is -0.0300. The van der Waals surface area contributed by atoms with Crippen molar-refractivity contribution in [2.75, 3.05) is 20.5 Å². The van der Waals surface area contributed by atoms with Crippen molar-refractivity contribution in [3.63, 3.8) is 0 Å². The first-order valence-corrected chi connectivity index (χ1v) is 8.27. The van der Waals surface area contributed by atoms with Gasteiger partial charge >= 0.3 is 0 Å². The average molecular weight is 327 g/mol. The number of hydrogen-bond acceptors (Lipinski definition) is 7. The lowest BCUT2D eigenvalue weighted by atomic mass is 10.1. The van der Waals surface area contributed by atoms with Crippen LogP contribution < -0.4 is 14.2 Å². The molecule has 8 nitrogen and oxygen atoms in total. The molecule has 0 amide bonds. The molecule has 1 aromatic carbocycles. The average Bonchev–Trinajstić information content (AvgIpc) is 2.92. The van der Waals surface area contributed by atoms with Gasteiger partial charge in [0, 0.05) is 6.42 Å². The number of nitrogens with zero attached hydrogens (tertiary/aromatic N) is 2. The number of sulfonamides is 1. The van der Waals surface area contributed by atoms with Crippen LogP contribution in [0.4, 0.5) is 0 Å². The van der Waals surface area contributed by atoms with Crippen LogP contribution in [0, 0.1) is 0 Å². The largest absolute Gasteiger partial charge is 0.493 e. The minimum absolute atomic E-state index is 0.0300. The van der Waals surface area contributed by atoms with Gasteiger partial charge in [-0.05, 0) is 17.7 Å². The molecular formula is C13H17N3O5S. The maximum Gasteiger partial charge on any atom is 0.241 e. The van der Waals surface area contributed by atoms with E-state index in [4.69, 9.17) is 14.0 Å². The molecular weight excluding hydrogens is 310 g/mol. The van der Waals surface area contributed by atoms with Gasteiger partial charge in [0.2, 0.25) is 15.9 Å². The van der Waals surface area contributed by atoms with Gasteiger partial charge in [-0.3, -0.25) is 0 Å². The van der Waals surface area contributed by atoms with Gasteiger partial charge in [0.25, 0.3) is 0 Å². The third-order valence-electron chi connectivity index (χ3n) is 2.81. The highest BCUT2D eigenvalue weighted by Crippen LogP contribution is 2.28. The quantitative estimate of drug-likeness (QED) is 0.799. The second-order valence-electron chi connectivity index (χ2n) is 4.56. The molecule has 22 heavy (non-hydrogen) atoms. The highest BCUT2D eigenvalue weighted by atomic mass is 32.2. The zero-order valence-corrected chi connectivity index (χ0v) is 13.3. The number of aromatic nitrogens is 2. The SMILES string of the molecule is COc1ccc(Cc2noc(CNS(C)(=O)=O)n2)cc1OC. The van der Waals surface area contributed by atoms with Crippen LogP contribution in [-0.4, -0.2) is 39.0 Å². The number of ether oxygens (including phenoxy) is 2. The van der Waals surface area contributed by atoms with Crippen molar-refractivity contribution in [3.8, 4) is 11.5 Å². The molecule has 2 rings (SSSR count). The second-order valence-corrected chi connectivity index (χ2v) is 6.40. The molecule has 0 unspecified atom stereocenters. The van der Waals surface area contributed by atoms with E-state index in [1.165, 1.54) is 0 Å². The molecule has 0 spiro atoms. The zero-order valence-electron chi connectivity index (χ0n) is 12.5. The van der Waals surface area contributed by atoms with Gasteiger partial charge in [-0.15, -0.1) is 0 Å². The number of hydrogen-bond donors (Lipinski definition) is 1. The first-order valence-electron chi connectivity index (χ1n) is 6.38. The molecule has 9 heteroatoms. The van der Waals surface area contributed by atoms with Crippen molar-refractivity contribution < 1.29 is 22.4 Å². The monoisotopic (exact) mass is 327 g/mol. The molecule has 0 radical (unpaired) electrons. The second kappa shape index (κ2) is 6.75. The van der Waals surface area contributed by atoms with Crippen LogP contribution in [0.2, 0.25) is 0 Å². The highest BCUT2D eigenvalue weighted by Gasteiger charge is 2.11. The predicted octanol–water partition coefficient (Wildman–Crippen LogP) is 0.727. The minimum atomic E-state index is -3.30. The summed E-state index contributed by atoms with van der Waals surface area (Å²) in [5.41, 5.74) is 0.918. The van der Waals surface area contributed by atoms with E-state index in [2.05, 4.69) is 14.9 Å². The molecule has 1 heterocycles. The van der Waals surface area contributed by atoms with Gasteiger partial charge in [-0.1, -0.05) is 11.2 Å². The Hall–Kier alpha value is -2.13. The summed E-state index contributed by atoms with van der Waals surface area (Å²) in [7, 11) is -0.169. The summed E-state index contributed by atoms with van der Waals surface area (Å²) in [5.74, 6) is 1.92. The van der Waals surface area contributed by atoms with Crippen molar-refractivity contribution in [1.29, 1.82) is 0 Å². The van der Waals surface area contributed by atoms with Gasteiger partial charge in [-0.2, -0.15) is 4.98 Å². The lowest BCUT2D eigenvalue weighted by Crippen LogP contribution is -2.21. The number of rotatable bonds is 7. The van der Waals surface area contributed by atoms with Gasteiger partial charge < -0.3 is 14.0 Å². The maximum atomic E-state index is 11.0. The first-order chi connectivity index (χ1) is 10.4. The number of methoxy groups -OCH3 is 2. The van der Waals surface area contributed by atoms with E-state index in [1.807, 2.05) is 12.1 Å². The van der Waals surface area contributed by atoms with Crippen molar-refractivity contribution >= 4 is 10.0 Å². The van der Waals surface area contributed by atoms with E-state index < -0.39 is 10.0 Å². The van der Waals surface area contributed by atoms with E-state index in [-0.39, 0.29) is 12.4 Å². The highest BCUT2D eigenvalue weighted by molar-refractivity contribution is 7.88. The van der Waals surface area contributed by atoms with E-state index in [9.17, 15) is 8.42 Å². The van der Waals surface area contributed by atoms with Gasteiger partial charge in [0.15, 0.2) is 17.3 Å².